The van der Waals surface area contributed by atoms with Gasteiger partial charge in [-0.3, -0.25) is 4.79 Å². The molecule has 0 spiro atoms. The summed E-state index contributed by atoms with van der Waals surface area (Å²) < 4.78 is 18.3. The normalized spacial score (nSPS) is 11.4. The van der Waals surface area contributed by atoms with Gasteiger partial charge in [0.25, 0.3) is 5.56 Å². The van der Waals surface area contributed by atoms with Gasteiger partial charge in [-0.25, -0.2) is 0 Å². The molecule has 7 aromatic rings. The van der Waals surface area contributed by atoms with Crippen molar-refractivity contribution >= 4 is 21.7 Å². The molecular formula is C33H25N5O4. The van der Waals surface area contributed by atoms with Gasteiger partial charge in [-0.1, -0.05) is 46.7 Å². The highest BCUT2D eigenvalue weighted by atomic mass is 16.5. The van der Waals surface area contributed by atoms with Crippen LogP contribution in [-0.4, -0.2) is 24.8 Å². The molecule has 0 N–H and O–H groups in total. The van der Waals surface area contributed by atoms with Crippen LogP contribution in [-0.2, 0) is 6.54 Å². The van der Waals surface area contributed by atoms with Crippen LogP contribution in [0.2, 0.25) is 0 Å². The molecule has 3 aromatic heterocycles. The molecule has 0 aliphatic rings. The Morgan fingerprint density at radius 2 is 1.43 bits per heavy atom. The van der Waals surface area contributed by atoms with Crippen molar-refractivity contribution in [2.75, 3.05) is 0 Å². The van der Waals surface area contributed by atoms with Crippen LogP contribution in [0.25, 0.3) is 44.5 Å². The molecule has 3 heterocycles. The molecule has 4 aromatic carbocycles. The van der Waals surface area contributed by atoms with Crippen LogP contribution < -0.4 is 10.3 Å². The lowest BCUT2D eigenvalue weighted by molar-refractivity contribution is 0.394. The standard InChI is InChI=1S/C33H25N5O4/c1-19-13-31(39)38(18-22-7-8-23-9-10-25(15-26(23)14-22)33-35-21(3)42-37-33)30-17-28(11-12-29(19)30)40-27-6-4-5-24(16-27)32-34-20(2)41-36-32/h4-17H,18H2,1-3H3. The van der Waals surface area contributed by atoms with Gasteiger partial charge >= 0.3 is 0 Å². The molecule has 0 bridgehead atoms. The highest BCUT2D eigenvalue weighted by Crippen LogP contribution is 2.30. The number of hydrogen-bond acceptors (Lipinski definition) is 8. The molecule has 0 aliphatic carbocycles. The monoisotopic (exact) mass is 555 g/mol. The van der Waals surface area contributed by atoms with Gasteiger partial charge in [0.05, 0.1) is 12.1 Å². The van der Waals surface area contributed by atoms with Crippen molar-refractivity contribution < 1.29 is 13.8 Å². The minimum absolute atomic E-state index is 0.0808. The van der Waals surface area contributed by atoms with E-state index in [4.69, 9.17) is 13.8 Å². The van der Waals surface area contributed by atoms with Gasteiger partial charge in [0, 0.05) is 42.5 Å². The molecule has 0 aliphatic heterocycles. The summed E-state index contributed by atoms with van der Waals surface area (Å²) in [5.74, 6) is 3.29. The van der Waals surface area contributed by atoms with Crippen molar-refractivity contribution in [2.24, 2.45) is 0 Å². The van der Waals surface area contributed by atoms with E-state index < -0.39 is 0 Å². The molecular weight excluding hydrogens is 530 g/mol. The molecule has 9 nitrogen and oxygen atoms in total. The second-order valence-electron chi connectivity index (χ2n) is 10.2. The lowest BCUT2D eigenvalue weighted by Crippen LogP contribution is -2.21. The second kappa shape index (κ2) is 10.1. The minimum Gasteiger partial charge on any atom is -0.457 e. The Hall–Kier alpha value is -5.57. The lowest BCUT2D eigenvalue weighted by Gasteiger charge is -2.15. The van der Waals surface area contributed by atoms with Gasteiger partial charge in [0.15, 0.2) is 0 Å². The van der Waals surface area contributed by atoms with Crippen molar-refractivity contribution in [3.63, 3.8) is 0 Å². The number of pyridine rings is 1. The lowest BCUT2D eigenvalue weighted by atomic mass is 10.0. The van der Waals surface area contributed by atoms with Crippen molar-refractivity contribution in [3.05, 3.63) is 118 Å². The summed E-state index contributed by atoms with van der Waals surface area (Å²) in [4.78, 5) is 22.0. The molecule has 0 radical (unpaired) electrons. The zero-order chi connectivity index (χ0) is 28.8. The quantitative estimate of drug-likeness (QED) is 0.215. The molecule has 7 rings (SSSR count). The number of nitrogens with zero attached hydrogens (tertiary/aromatic N) is 5. The van der Waals surface area contributed by atoms with Gasteiger partial charge < -0.3 is 18.4 Å². The molecule has 0 saturated heterocycles. The Balaban J connectivity index is 1.24. The fourth-order valence-corrected chi connectivity index (χ4v) is 5.14. The van der Waals surface area contributed by atoms with Gasteiger partial charge in [0.2, 0.25) is 23.4 Å². The fraction of sp³-hybridized carbons (Fsp3) is 0.121. The summed E-state index contributed by atoms with van der Waals surface area (Å²) >= 11 is 0. The maximum Gasteiger partial charge on any atom is 0.251 e. The molecule has 206 valence electrons. The van der Waals surface area contributed by atoms with E-state index in [0.717, 1.165) is 43.9 Å². The maximum atomic E-state index is 13.3. The average molecular weight is 556 g/mol. The van der Waals surface area contributed by atoms with E-state index in [0.29, 0.717) is 41.5 Å². The first-order valence-electron chi connectivity index (χ1n) is 13.5. The number of aromatic nitrogens is 5. The van der Waals surface area contributed by atoms with Gasteiger partial charge in [-0.15, -0.1) is 0 Å². The van der Waals surface area contributed by atoms with E-state index >= 15 is 0 Å². The second-order valence-corrected chi connectivity index (χ2v) is 10.2. The third-order valence-electron chi connectivity index (χ3n) is 7.18. The average Bonchev–Trinajstić information content (AvgIpc) is 3.63. The zero-order valence-electron chi connectivity index (χ0n) is 23.2. The third kappa shape index (κ3) is 4.81. The summed E-state index contributed by atoms with van der Waals surface area (Å²) in [6.07, 6.45) is 0. The van der Waals surface area contributed by atoms with E-state index in [1.807, 2.05) is 73.7 Å². The Kier molecular flexibility index (Phi) is 6.12. The van der Waals surface area contributed by atoms with Crippen LogP contribution in [0.1, 0.15) is 22.9 Å². The van der Waals surface area contributed by atoms with Crippen LogP contribution in [0, 0.1) is 20.8 Å². The number of hydrogen-bond donors (Lipinski definition) is 0. The summed E-state index contributed by atoms with van der Waals surface area (Å²) in [6, 6.07) is 27.2. The summed E-state index contributed by atoms with van der Waals surface area (Å²) in [6.45, 7) is 5.86. The van der Waals surface area contributed by atoms with Crippen LogP contribution in [0.4, 0.5) is 0 Å². The number of aryl methyl sites for hydroxylation is 3. The summed E-state index contributed by atoms with van der Waals surface area (Å²) in [5.41, 5.74) is 4.26. The van der Waals surface area contributed by atoms with E-state index in [9.17, 15) is 4.79 Å². The predicted octanol–water partition coefficient (Wildman–Crippen LogP) is 7.02. The smallest absolute Gasteiger partial charge is 0.251 e. The minimum atomic E-state index is -0.0808. The molecule has 0 saturated carbocycles. The third-order valence-corrected chi connectivity index (χ3v) is 7.18. The van der Waals surface area contributed by atoms with E-state index in [-0.39, 0.29) is 5.56 Å². The van der Waals surface area contributed by atoms with E-state index in [2.05, 4.69) is 32.4 Å². The molecule has 42 heavy (non-hydrogen) atoms. The first-order valence-corrected chi connectivity index (χ1v) is 13.5. The van der Waals surface area contributed by atoms with E-state index in [1.54, 1.807) is 24.5 Å². The maximum absolute atomic E-state index is 13.3. The van der Waals surface area contributed by atoms with Gasteiger partial charge in [0.1, 0.15) is 11.5 Å². The van der Waals surface area contributed by atoms with Crippen molar-refractivity contribution in [2.45, 2.75) is 27.3 Å². The molecule has 0 unspecified atom stereocenters. The molecule has 9 heteroatoms. The fourth-order valence-electron chi connectivity index (χ4n) is 5.14. The first kappa shape index (κ1) is 25.4. The Labute approximate surface area is 240 Å². The Bertz CT molecular complexity index is 2180. The largest absolute Gasteiger partial charge is 0.457 e. The van der Waals surface area contributed by atoms with Crippen LogP contribution in [0.3, 0.4) is 0 Å². The first-order chi connectivity index (χ1) is 20.4. The van der Waals surface area contributed by atoms with Crippen LogP contribution in [0.15, 0.2) is 98.8 Å². The number of rotatable bonds is 6. The molecule has 0 amide bonds. The molecule has 0 atom stereocenters. The topological polar surface area (TPSA) is 109 Å². The number of fused-ring (bicyclic) bond motifs is 2. The highest BCUT2D eigenvalue weighted by Gasteiger charge is 2.12. The summed E-state index contributed by atoms with van der Waals surface area (Å²) in [5, 5.41) is 11.1. The predicted molar refractivity (Wildman–Crippen MR) is 159 cm³/mol. The van der Waals surface area contributed by atoms with E-state index in [1.165, 1.54) is 0 Å². The van der Waals surface area contributed by atoms with Crippen molar-refractivity contribution in [1.29, 1.82) is 0 Å². The highest BCUT2D eigenvalue weighted by molar-refractivity contribution is 5.87. The summed E-state index contributed by atoms with van der Waals surface area (Å²) in [7, 11) is 0. The van der Waals surface area contributed by atoms with Gasteiger partial charge in [-0.05, 0) is 65.2 Å². The van der Waals surface area contributed by atoms with Crippen molar-refractivity contribution in [3.8, 4) is 34.3 Å². The zero-order valence-corrected chi connectivity index (χ0v) is 23.2. The SMILES string of the molecule is Cc1nc(-c2cccc(Oc3ccc4c(C)cc(=O)n(Cc5ccc6ccc(-c7noc(C)n7)cc6c5)c4c3)c2)no1. The van der Waals surface area contributed by atoms with Crippen LogP contribution in [0.5, 0.6) is 11.5 Å². The number of benzene rings is 4. The van der Waals surface area contributed by atoms with Gasteiger partial charge in [-0.2, -0.15) is 9.97 Å². The Morgan fingerprint density at radius 1 is 0.714 bits per heavy atom. The number of ether oxygens (including phenoxy) is 1. The molecule has 0 fully saturated rings. The Morgan fingerprint density at radius 3 is 2.17 bits per heavy atom. The van der Waals surface area contributed by atoms with Crippen LogP contribution >= 0.6 is 0 Å². The van der Waals surface area contributed by atoms with Crippen molar-refractivity contribution in [1.82, 2.24) is 24.8 Å².